The van der Waals surface area contributed by atoms with E-state index in [9.17, 15) is 18.0 Å². The van der Waals surface area contributed by atoms with Crippen LogP contribution in [-0.4, -0.2) is 19.1 Å². The average Bonchev–Trinajstić information content (AvgIpc) is 2.24. The molecule has 1 atom stereocenters. The normalized spacial score (nSPS) is 12.3. The summed E-state index contributed by atoms with van der Waals surface area (Å²) in [6.07, 6.45) is -0.254. The smallest absolute Gasteiger partial charge is 0.322 e. The summed E-state index contributed by atoms with van der Waals surface area (Å²) in [6.45, 7) is 0. The van der Waals surface area contributed by atoms with Crippen LogP contribution in [0.1, 0.15) is 5.56 Å². The predicted molar refractivity (Wildman–Crippen MR) is 50.0 cm³/mol. The first-order valence-corrected chi connectivity index (χ1v) is 4.42. The second-order valence-corrected chi connectivity index (χ2v) is 3.19. The first-order valence-electron chi connectivity index (χ1n) is 4.42. The van der Waals surface area contributed by atoms with E-state index in [0.29, 0.717) is 12.1 Å². The molecular formula is C10H10F3NO2. The topological polar surface area (TPSA) is 52.3 Å². The summed E-state index contributed by atoms with van der Waals surface area (Å²) in [5.41, 5.74) is 5.19. The summed E-state index contributed by atoms with van der Waals surface area (Å²) in [4.78, 5) is 10.9. The molecule has 0 aromatic heterocycles. The monoisotopic (exact) mass is 233 g/mol. The molecule has 2 N–H and O–H groups in total. The zero-order chi connectivity index (χ0) is 12.3. The van der Waals surface area contributed by atoms with E-state index in [0.717, 1.165) is 7.11 Å². The Bertz CT molecular complexity index is 409. The molecule has 0 radical (unpaired) electrons. The number of methoxy groups -OCH3 is 1. The lowest BCUT2D eigenvalue weighted by molar-refractivity contribution is -0.142. The van der Waals surface area contributed by atoms with Crippen molar-refractivity contribution in [2.24, 2.45) is 5.73 Å². The molecule has 0 fully saturated rings. The highest BCUT2D eigenvalue weighted by atomic mass is 19.2. The third kappa shape index (κ3) is 2.73. The number of hydrogen-bond donors (Lipinski definition) is 1. The van der Waals surface area contributed by atoms with Crippen molar-refractivity contribution < 1.29 is 22.7 Å². The van der Waals surface area contributed by atoms with Crippen molar-refractivity contribution >= 4 is 5.97 Å². The molecule has 6 heteroatoms. The maximum absolute atomic E-state index is 13.1. The summed E-state index contributed by atoms with van der Waals surface area (Å²) in [7, 11) is 1.13. The Morgan fingerprint density at radius 1 is 1.31 bits per heavy atom. The van der Waals surface area contributed by atoms with Gasteiger partial charge in [-0.1, -0.05) is 0 Å². The lowest BCUT2D eigenvalue weighted by Crippen LogP contribution is -2.34. The van der Waals surface area contributed by atoms with E-state index in [1.807, 2.05) is 0 Å². The molecule has 1 rings (SSSR count). The van der Waals surface area contributed by atoms with Crippen LogP contribution in [0.15, 0.2) is 12.1 Å². The van der Waals surface area contributed by atoms with Gasteiger partial charge in [-0.15, -0.1) is 0 Å². The molecule has 0 saturated heterocycles. The third-order valence-corrected chi connectivity index (χ3v) is 2.03. The third-order valence-electron chi connectivity index (χ3n) is 2.03. The minimum atomic E-state index is -1.28. The van der Waals surface area contributed by atoms with Crippen LogP contribution in [0.3, 0.4) is 0 Å². The zero-order valence-corrected chi connectivity index (χ0v) is 8.47. The van der Waals surface area contributed by atoms with E-state index in [1.165, 1.54) is 0 Å². The maximum atomic E-state index is 13.1. The highest BCUT2D eigenvalue weighted by Gasteiger charge is 2.18. The molecule has 0 bridgehead atoms. The number of ether oxygens (including phenoxy) is 1. The molecule has 0 saturated carbocycles. The van der Waals surface area contributed by atoms with Gasteiger partial charge in [0, 0.05) is 12.5 Å². The van der Waals surface area contributed by atoms with Gasteiger partial charge in [-0.25, -0.2) is 13.2 Å². The van der Waals surface area contributed by atoms with Crippen LogP contribution >= 0.6 is 0 Å². The van der Waals surface area contributed by atoms with Crippen LogP contribution in [0, 0.1) is 17.5 Å². The van der Waals surface area contributed by atoms with Crippen molar-refractivity contribution in [1.82, 2.24) is 0 Å². The van der Waals surface area contributed by atoms with Crippen molar-refractivity contribution in [3.05, 3.63) is 35.1 Å². The van der Waals surface area contributed by atoms with Gasteiger partial charge in [-0.3, -0.25) is 4.79 Å². The summed E-state index contributed by atoms with van der Waals surface area (Å²) in [5, 5.41) is 0. The summed E-state index contributed by atoms with van der Waals surface area (Å²) in [5.74, 6) is -4.16. The van der Waals surface area contributed by atoms with E-state index < -0.39 is 29.5 Å². The predicted octanol–water partition coefficient (Wildman–Crippen LogP) is 1.15. The van der Waals surface area contributed by atoms with Crippen molar-refractivity contribution in [2.75, 3.05) is 7.11 Å². The maximum Gasteiger partial charge on any atom is 0.322 e. The van der Waals surface area contributed by atoms with Crippen molar-refractivity contribution in [2.45, 2.75) is 12.5 Å². The van der Waals surface area contributed by atoms with Crippen molar-refractivity contribution in [3.8, 4) is 0 Å². The average molecular weight is 233 g/mol. The largest absolute Gasteiger partial charge is 0.468 e. The number of carbonyl (C=O) groups excluding carboxylic acids is 1. The second kappa shape index (κ2) is 4.98. The van der Waals surface area contributed by atoms with Gasteiger partial charge in [-0.05, 0) is 11.6 Å². The molecule has 1 aromatic rings. The Balaban J connectivity index is 2.89. The lowest BCUT2D eigenvalue weighted by Gasteiger charge is -2.10. The van der Waals surface area contributed by atoms with E-state index in [1.54, 1.807) is 0 Å². The Morgan fingerprint density at radius 3 is 2.44 bits per heavy atom. The highest BCUT2D eigenvalue weighted by Crippen LogP contribution is 2.15. The van der Waals surface area contributed by atoms with Crippen molar-refractivity contribution in [1.29, 1.82) is 0 Å². The first kappa shape index (κ1) is 12.5. The van der Waals surface area contributed by atoms with Gasteiger partial charge in [0.05, 0.1) is 7.11 Å². The summed E-state index contributed by atoms with van der Waals surface area (Å²) < 4.78 is 42.8. The summed E-state index contributed by atoms with van der Waals surface area (Å²) in [6, 6.07) is -0.0216. The van der Waals surface area contributed by atoms with E-state index in [-0.39, 0.29) is 12.0 Å². The van der Waals surface area contributed by atoms with Gasteiger partial charge in [0.1, 0.15) is 11.9 Å². The second-order valence-electron chi connectivity index (χ2n) is 3.19. The molecule has 88 valence electrons. The molecule has 16 heavy (non-hydrogen) atoms. The molecular weight excluding hydrogens is 223 g/mol. The lowest BCUT2D eigenvalue weighted by atomic mass is 10.1. The standard InChI is InChI=1S/C10H10F3NO2/c1-16-10(15)9(14)3-5-2-7(12)8(13)4-6(5)11/h2,4,9H,3,14H2,1H3/t9-/m1/s1. The van der Waals surface area contributed by atoms with Crippen LogP contribution < -0.4 is 5.73 Å². The Kier molecular flexibility index (Phi) is 3.89. The van der Waals surface area contributed by atoms with E-state index >= 15 is 0 Å². The number of esters is 1. The molecule has 0 aliphatic heterocycles. The molecule has 1 aromatic carbocycles. The van der Waals surface area contributed by atoms with Gasteiger partial charge in [-0.2, -0.15) is 0 Å². The van der Waals surface area contributed by atoms with Gasteiger partial charge in [0.2, 0.25) is 0 Å². The zero-order valence-electron chi connectivity index (χ0n) is 8.47. The summed E-state index contributed by atoms with van der Waals surface area (Å²) >= 11 is 0. The molecule has 0 unspecified atom stereocenters. The quantitative estimate of drug-likeness (QED) is 0.629. The first-order chi connectivity index (χ1) is 7.45. The molecule has 0 heterocycles. The van der Waals surface area contributed by atoms with Crippen LogP contribution in [0.5, 0.6) is 0 Å². The molecule has 3 nitrogen and oxygen atoms in total. The fraction of sp³-hybridized carbons (Fsp3) is 0.300. The fourth-order valence-electron chi connectivity index (χ4n) is 1.19. The number of nitrogens with two attached hydrogens (primary N) is 1. The number of hydrogen-bond acceptors (Lipinski definition) is 3. The van der Waals surface area contributed by atoms with Gasteiger partial charge < -0.3 is 10.5 Å². The highest BCUT2D eigenvalue weighted by molar-refractivity contribution is 5.75. The van der Waals surface area contributed by atoms with Crippen LogP contribution in [-0.2, 0) is 16.0 Å². The molecule has 0 aliphatic rings. The van der Waals surface area contributed by atoms with Crippen LogP contribution in [0.25, 0.3) is 0 Å². The number of halogens is 3. The van der Waals surface area contributed by atoms with E-state index in [4.69, 9.17) is 5.73 Å². The van der Waals surface area contributed by atoms with Crippen LogP contribution in [0.4, 0.5) is 13.2 Å². The van der Waals surface area contributed by atoms with Gasteiger partial charge >= 0.3 is 5.97 Å². The molecule has 0 spiro atoms. The Hall–Kier alpha value is -1.56. The minimum absolute atomic E-state index is 0.170. The van der Waals surface area contributed by atoms with Gasteiger partial charge in [0.25, 0.3) is 0 Å². The number of benzene rings is 1. The molecule has 0 amide bonds. The molecule has 0 aliphatic carbocycles. The number of rotatable bonds is 3. The van der Waals surface area contributed by atoms with Gasteiger partial charge in [0.15, 0.2) is 11.6 Å². The van der Waals surface area contributed by atoms with Crippen molar-refractivity contribution in [3.63, 3.8) is 0 Å². The number of carbonyl (C=O) groups is 1. The van der Waals surface area contributed by atoms with E-state index in [2.05, 4.69) is 4.74 Å². The SMILES string of the molecule is COC(=O)[C@H](N)Cc1cc(F)c(F)cc1F. The Morgan fingerprint density at radius 2 is 1.88 bits per heavy atom. The fourth-order valence-corrected chi connectivity index (χ4v) is 1.19. The Labute approximate surface area is 90.0 Å². The van der Waals surface area contributed by atoms with Crippen LogP contribution in [0.2, 0.25) is 0 Å². The minimum Gasteiger partial charge on any atom is -0.468 e.